The summed E-state index contributed by atoms with van der Waals surface area (Å²) in [6, 6.07) is 3.42. The van der Waals surface area contributed by atoms with Crippen molar-refractivity contribution in [3.8, 4) is 5.75 Å². The zero-order valence-electron chi connectivity index (χ0n) is 9.31. The maximum Gasteiger partial charge on any atom is 0.360 e. The summed E-state index contributed by atoms with van der Waals surface area (Å²) in [6.45, 7) is 1.22. The van der Waals surface area contributed by atoms with E-state index in [1.54, 1.807) is 12.1 Å². The Morgan fingerprint density at radius 1 is 1.59 bits per heavy atom. The summed E-state index contributed by atoms with van der Waals surface area (Å²) in [7, 11) is 1.31. The maximum atomic E-state index is 11.5. The number of ether oxygens (including phenoxy) is 3. The minimum absolute atomic E-state index is 0.0265. The number of rotatable bonds is 3. The Balaban J connectivity index is 2.22. The molecule has 0 radical (unpaired) electrons. The second-order valence-corrected chi connectivity index (χ2v) is 4.39. The van der Waals surface area contributed by atoms with Crippen molar-refractivity contribution in [2.75, 3.05) is 20.3 Å². The fourth-order valence-electron chi connectivity index (χ4n) is 1.55. The van der Waals surface area contributed by atoms with Gasteiger partial charge in [0.05, 0.1) is 20.3 Å². The quantitative estimate of drug-likeness (QED) is 0.629. The van der Waals surface area contributed by atoms with E-state index in [0.717, 1.165) is 6.42 Å². The van der Waals surface area contributed by atoms with Crippen molar-refractivity contribution in [1.29, 1.82) is 0 Å². The van der Waals surface area contributed by atoms with Crippen molar-refractivity contribution in [2.24, 2.45) is 0 Å². The third-order valence-corrected chi connectivity index (χ3v) is 2.83. The topological polar surface area (TPSA) is 57.7 Å². The summed E-state index contributed by atoms with van der Waals surface area (Å²) < 4.78 is 16.1. The van der Waals surface area contributed by atoms with E-state index in [-0.39, 0.29) is 11.8 Å². The molecular weight excluding hydrogens is 290 g/mol. The van der Waals surface area contributed by atoms with Gasteiger partial charge in [-0.3, -0.25) is 0 Å². The van der Waals surface area contributed by atoms with Crippen LogP contribution in [0, 0.1) is 0 Å². The molecule has 1 aromatic rings. The van der Waals surface area contributed by atoms with E-state index in [9.17, 15) is 4.79 Å². The highest BCUT2D eigenvalue weighted by molar-refractivity contribution is 9.10. The highest BCUT2D eigenvalue weighted by atomic mass is 79.9. The van der Waals surface area contributed by atoms with E-state index < -0.39 is 5.97 Å². The van der Waals surface area contributed by atoms with Gasteiger partial charge in [-0.15, -0.1) is 0 Å². The minimum atomic E-state index is -0.514. The predicted octanol–water partition coefficient (Wildman–Crippen LogP) is 1.80. The van der Waals surface area contributed by atoms with E-state index in [1.807, 2.05) is 0 Å². The second-order valence-electron chi connectivity index (χ2n) is 3.58. The van der Waals surface area contributed by atoms with Gasteiger partial charge < -0.3 is 14.2 Å². The van der Waals surface area contributed by atoms with Crippen LogP contribution >= 0.6 is 15.9 Å². The number of aromatic nitrogens is 1. The Morgan fingerprint density at radius 3 is 3.06 bits per heavy atom. The number of esters is 1. The first-order valence-electron chi connectivity index (χ1n) is 5.20. The van der Waals surface area contributed by atoms with Gasteiger partial charge in [-0.2, -0.15) is 0 Å². The molecular formula is C11H12BrNO4. The van der Waals surface area contributed by atoms with Crippen LogP contribution in [-0.4, -0.2) is 37.4 Å². The number of pyridine rings is 1. The highest BCUT2D eigenvalue weighted by Gasteiger charge is 2.22. The molecule has 0 N–H and O–H groups in total. The van der Waals surface area contributed by atoms with Crippen LogP contribution in [0.1, 0.15) is 16.9 Å². The Bertz CT molecular complexity index is 418. The molecule has 1 aliphatic heterocycles. The standard InChI is InChI=1S/C11H12BrNO4/c1-15-11(14)10-8(2-3-9(12)13-10)17-7-4-5-16-6-7/h2-3,7H,4-6H2,1H3/t7-/m1/s1. The maximum absolute atomic E-state index is 11.5. The summed E-state index contributed by atoms with van der Waals surface area (Å²) in [5.74, 6) is -0.0873. The molecule has 0 aromatic carbocycles. The van der Waals surface area contributed by atoms with Crippen molar-refractivity contribution in [3.05, 3.63) is 22.4 Å². The van der Waals surface area contributed by atoms with Gasteiger partial charge in [0.1, 0.15) is 10.7 Å². The number of hydrogen-bond donors (Lipinski definition) is 0. The van der Waals surface area contributed by atoms with Gasteiger partial charge >= 0.3 is 5.97 Å². The third-order valence-electron chi connectivity index (χ3n) is 2.38. The molecule has 1 aromatic heterocycles. The SMILES string of the molecule is COC(=O)c1nc(Br)ccc1O[C@@H]1CCOC1. The lowest BCUT2D eigenvalue weighted by Crippen LogP contribution is -2.18. The summed E-state index contributed by atoms with van der Waals surface area (Å²) >= 11 is 3.21. The normalized spacial score (nSPS) is 19.1. The van der Waals surface area contributed by atoms with E-state index in [1.165, 1.54) is 7.11 Å². The van der Waals surface area contributed by atoms with Crippen LogP contribution in [0.25, 0.3) is 0 Å². The van der Waals surface area contributed by atoms with Crippen LogP contribution in [0.2, 0.25) is 0 Å². The van der Waals surface area contributed by atoms with Gasteiger partial charge in [-0.05, 0) is 28.1 Å². The number of hydrogen-bond acceptors (Lipinski definition) is 5. The Labute approximate surface area is 107 Å². The molecule has 1 aliphatic rings. The van der Waals surface area contributed by atoms with Gasteiger partial charge in [-0.25, -0.2) is 9.78 Å². The first-order chi connectivity index (χ1) is 8.20. The lowest BCUT2D eigenvalue weighted by molar-refractivity contribution is 0.0583. The van der Waals surface area contributed by atoms with E-state index in [0.29, 0.717) is 23.6 Å². The van der Waals surface area contributed by atoms with Crippen molar-refractivity contribution < 1.29 is 19.0 Å². The predicted molar refractivity (Wildman–Crippen MR) is 63.1 cm³/mol. The first-order valence-corrected chi connectivity index (χ1v) is 5.99. The van der Waals surface area contributed by atoms with Crippen LogP contribution in [0.5, 0.6) is 5.75 Å². The second kappa shape index (κ2) is 5.46. The summed E-state index contributed by atoms with van der Waals surface area (Å²) in [5.41, 5.74) is 0.175. The fourth-order valence-corrected chi connectivity index (χ4v) is 1.86. The van der Waals surface area contributed by atoms with Crippen molar-refractivity contribution in [2.45, 2.75) is 12.5 Å². The van der Waals surface area contributed by atoms with E-state index >= 15 is 0 Å². The Morgan fingerprint density at radius 2 is 2.41 bits per heavy atom. The number of carbonyl (C=O) groups excluding carboxylic acids is 1. The monoisotopic (exact) mass is 301 g/mol. The molecule has 0 amide bonds. The number of methoxy groups -OCH3 is 1. The van der Waals surface area contributed by atoms with Crippen LogP contribution < -0.4 is 4.74 Å². The number of halogens is 1. The molecule has 1 fully saturated rings. The molecule has 17 heavy (non-hydrogen) atoms. The highest BCUT2D eigenvalue weighted by Crippen LogP contribution is 2.23. The Kier molecular flexibility index (Phi) is 3.96. The van der Waals surface area contributed by atoms with Crippen molar-refractivity contribution >= 4 is 21.9 Å². The summed E-state index contributed by atoms with van der Waals surface area (Å²) in [4.78, 5) is 15.6. The zero-order valence-corrected chi connectivity index (χ0v) is 10.9. The smallest absolute Gasteiger partial charge is 0.360 e. The molecule has 0 bridgehead atoms. The first kappa shape index (κ1) is 12.3. The Hall–Kier alpha value is -1.14. The molecule has 1 atom stereocenters. The van der Waals surface area contributed by atoms with Gasteiger partial charge in [-0.1, -0.05) is 0 Å². The van der Waals surface area contributed by atoms with Crippen molar-refractivity contribution in [1.82, 2.24) is 4.98 Å². The van der Waals surface area contributed by atoms with Crippen LogP contribution in [0.4, 0.5) is 0 Å². The van der Waals surface area contributed by atoms with Gasteiger partial charge in [0.2, 0.25) is 0 Å². The molecule has 0 aliphatic carbocycles. The van der Waals surface area contributed by atoms with Crippen LogP contribution in [-0.2, 0) is 9.47 Å². The molecule has 0 spiro atoms. The minimum Gasteiger partial charge on any atom is -0.485 e. The number of nitrogens with zero attached hydrogens (tertiary/aromatic N) is 1. The van der Waals surface area contributed by atoms with Crippen molar-refractivity contribution in [3.63, 3.8) is 0 Å². The zero-order chi connectivity index (χ0) is 12.3. The third kappa shape index (κ3) is 2.95. The average molecular weight is 302 g/mol. The van der Waals surface area contributed by atoms with Gasteiger partial charge in [0, 0.05) is 6.42 Å². The lowest BCUT2D eigenvalue weighted by atomic mass is 10.3. The largest absolute Gasteiger partial charge is 0.485 e. The number of carbonyl (C=O) groups is 1. The molecule has 1 saturated heterocycles. The molecule has 5 nitrogen and oxygen atoms in total. The molecule has 0 saturated carbocycles. The molecule has 0 unspecified atom stereocenters. The van der Waals surface area contributed by atoms with Crippen LogP contribution in [0.15, 0.2) is 16.7 Å². The molecule has 6 heteroatoms. The van der Waals surface area contributed by atoms with Gasteiger partial charge in [0.25, 0.3) is 0 Å². The molecule has 2 heterocycles. The average Bonchev–Trinajstić information content (AvgIpc) is 2.83. The summed E-state index contributed by atoms with van der Waals surface area (Å²) in [6.07, 6.45) is 0.790. The summed E-state index contributed by atoms with van der Waals surface area (Å²) in [5, 5.41) is 0. The van der Waals surface area contributed by atoms with Crippen LogP contribution in [0.3, 0.4) is 0 Å². The fraction of sp³-hybridized carbons (Fsp3) is 0.455. The lowest BCUT2D eigenvalue weighted by Gasteiger charge is -2.13. The van der Waals surface area contributed by atoms with E-state index in [2.05, 4.69) is 25.7 Å². The molecule has 92 valence electrons. The van der Waals surface area contributed by atoms with Gasteiger partial charge in [0.15, 0.2) is 11.4 Å². The van der Waals surface area contributed by atoms with E-state index in [4.69, 9.17) is 9.47 Å². The molecule has 2 rings (SSSR count).